The number of rotatable bonds is 5. The van der Waals surface area contributed by atoms with E-state index in [1.54, 1.807) is 0 Å². The third-order valence-electron chi connectivity index (χ3n) is 3.80. The van der Waals surface area contributed by atoms with Crippen LogP contribution in [-0.4, -0.2) is 34.3 Å². The molecule has 0 saturated carbocycles. The highest BCUT2D eigenvalue weighted by atomic mass is 32.2. The zero-order valence-corrected chi connectivity index (χ0v) is 12.3. The summed E-state index contributed by atoms with van der Waals surface area (Å²) in [5, 5.41) is 9.16. The fourth-order valence-corrected chi connectivity index (χ4v) is 3.74. The lowest BCUT2D eigenvalue weighted by Crippen LogP contribution is -2.41. The van der Waals surface area contributed by atoms with E-state index in [9.17, 15) is 4.79 Å². The van der Waals surface area contributed by atoms with Gasteiger partial charge in [-0.05, 0) is 37.1 Å². The van der Waals surface area contributed by atoms with Gasteiger partial charge >= 0.3 is 5.97 Å². The molecule has 0 amide bonds. The standard InChI is InChI=1S/C15H21NO2S/c1-3-11(2)16(10-15(17)18)13-8-9-19-14-7-5-4-6-12(13)14/h4-7,11,13H,3,8-10H2,1-2H3,(H,17,18). The second-order valence-electron chi connectivity index (χ2n) is 5.01. The maximum atomic E-state index is 11.1. The van der Waals surface area contributed by atoms with Crippen LogP contribution in [0.1, 0.15) is 38.3 Å². The van der Waals surface area contributed by atoms with Crippen LogP contribution in [-0.2, 0) is 4.79 Å². The highest BCUT2D eigenvalue weighted by Gasteiger charge is 2.29. The Morgan fingerprint density at radius 1 is 1.53 bits per heavy atom. The number of hydrogen-bond acceptors (Lipinski definition) is 3. The fraction of sp³-hybridized carbons (Fsp3) is 0.533. The summed E-state index contributed by atoms with van der Waals surface area (Å²) in [6.07, 6.45) is 2.00. The first kappa shape index (κ1) is 14.4. The van der Waals surface area contributed by atoms with Gasteiger partial charge < -0.3 is 5.11 Å². The average molecular weight is 279 g/mol. The van der Waals surface area contributed by atoms with Crippen molar-refractivity contribution < 1.29 is 9.90 Å². The van der Waals surface area contributed by atoms with Gasteiger partial charge in [-0.25, -0.2) is 0 Å². The summed E-state index contributed by atoms with van der Waals surface area (Å²) in [6, 6.07) is 8.91. The van der Waals surface area contributed by atoms with Crippen LogP contribution in [0, 0.1) is 0 Å². The molecule has 19 heavy (non-hydrogen) atoms. The minimum atomic E-state index is -0.740. The lowest BCUT2D eigenvalue weighted by Gasteiger charge is -2.38. The van der Waals surface area contributed by atoms with Crippen LogP contribution < -0.4 is 0 Å². The number of thioether (sulfide) groups is 1. The van der Waals surface area contributed by atoms with E-state index in [1.807, 2.05) is 17.8 Å². The maximum Gasteiger partial charge on any atom is 0.317 e. The van der Waals surface area contributed by atoms with Crippen LogP contribution in [0.3, 0.4) is 0 Å². The summed E-state index contributed by atoms with van der Waals surface area (Å²) in [6.45, 7) is 4.36. The van der Waals surface area contributed by atoms with Gasteiger partial charge in [0.25, 0.3) is 0 Å². The van der Waals surface area contributed by atoms with Crippen LogP contribution in [0.25, 0.3) is 0 Å². The lowest BCUT2D eigenvalue weighted by atomic mass is 9.99. The van der Waals surface area contributed by atoms with Gasteiger partial charge in [-0.15, -0.1) is 11.8 Å². The highest BCUT2D eigenvalue weighted by molar-refractivity contribution is 7.99. The molecule has 3 nitrogen and oxygen atoms in total. The SMILES string of the molecule is CCC(C)N(CC(=O)O)C1CCSc2ccccc21. The van der Waals surface area contributed by atoms with Gasteiger partial charge in [0.15, 0.2) is 0 Å². The molecule has 0 spiro atoms. The molecule has 0 saturated heterocycles. The van der Waals surface area contributed by atoms with E-state index >= 15 is 0 Å². The Labute approximate surface area is 119 Å². The van der Waals surface area contributed by atoms with Gasteiger partial charge in [-0.1, -0.05) is 25.1 Å². The van der Waals surface area contributed by atoms with E-state index in [2.05, 4.69) is 36.9 Å². The van der Waals surface area contributed by atoms with Gasteiger partial charge in [0.05, 0.1) is 6.54 Å². The largest absolute Gasteiger partial charge is 0.480 e. The van der Waals surface area contributed by atoms with Gasteiger partial charge in [0.1, 0.15) is 0 Å². The number of hydrogen-bond donors (Lipinski definition) is 1. The second-order valence-corrected chi connectivity index (χ2v) is 6.15. The Bertz CT molecular complexity index is 450. The first-order chi connectivity index (χ1) is 9.13. The van der Waals surface area contributed by atoms with Crippen molar-refractivity contribution >= 4 is 17.7 Å². The molecule has 0 radical (unpaired) electrons. The zero-order chi connectivity index (χ0) is 13.8. The van der Waals surface area contributed by atoms with Crippen LogP contribution in [0.15, 0.2) is 29.2 Å². The zero-order valence-electron chi connectivity index (χ0n) is 11.5. The first-order valence-electron chi connectivity index (χ1n) is 6.82. The average Bonchev–Trinajstić information content (AvgIpc) is 2.43. The van der Waals surface area contributed by atoms with E-state index in [4.69, 9.17) is 5.11 Å². The molecule has 4 heteroatoms. The Kier molecular flexibility index (Phi) is 4.88. The molecule has 0 aromatic heterocycles. The number of carboxylic acids is 1. The van der Waals surface area contributed by atoms with Crippen molar-refractivity contribution in [1.82, 2.24) is 4.90 Å². The summed E-state index contributed by atoms with van der Waals surface area (Å²) in [5.74, 6) is 0.324. The van der Waals surface area contributed by atoms with Crippen molar-refractivity contribution in [2.24, 2.45) is 0 Å². The Morgan fingerprint density at radius 3 is 2.95 bits per heavy atom. The number of nitrogens with zero attached hydrogens (tertiary/aromatic N) is 1. The molecule has 1 aliphatic heterocycles. The van der Waals surface area contributed by atoms with E-state index in [-0.39, 0.29) is 18.6 Å². The molecular formula is C15H21NO2S. The second kappa shape index (κ2) is 6.44. The number of carboxylic acid groups (broad SMARTS) is 1. The smallest absolute Gasteiger partial charge is 0.317 e. The first-order valence-corrected chi connectivity index (χ1v) is 7.81. The number of carbonyl (C=O) groups is 1. The van der Waals surface area contributed by atoms with Crippen LogP contribution in [0.5, 0.6) is 0 Å². The Balaban J connectivity index is 2.29. The number of benzene rings is 1. The molecule has 0 bridgehead atoms. The van der Waals surface area contributed by atoms with Gasteiger partial charge in [-0.3, -0.25) is 9.69 Å². The van der Waals surface area contributed by atoms with Gasteiger partial charge in [0, 0.05) is 17.0 Å². The van der Waals surface area contributed by atoms with E-state index in [0.29, 0.717) is 0 Å². The van der Waals surface area contributed by atoms with Crippen LogP contribution in [0.4, 0.5) is 0 Å². The maximum absolute atomic E-state index is 11.1. The quantitative estimate of drug-likeness (QED) is 0.896. The fourth-order valence-electron chi connectivity index (χ4n) is 2.63. The molecule has 1 aliphatic rings. The molecule has 1 aromatic carbocycles. The van der Waals surface area contributed by atoms with E-state index in [0.717, 1.165) is 18.6 Å². The van der Waals surface area contributed by atoms with E-state index < -0.39 is 5.97 Å². The number of aliphatic carboxylic acids is 1. The van der Waals surface area contributed by atoms with Crippen molar-refractivity contribution in [3.8, 4) is 0 Å². The van der Waals surface area contributed by atoms with Crippen molar-refractivity contribution in [1.29, 1.82) is 0 Å². The third-order valence-corrected chi connectivity index (χ3v) is 4.92. The predicted octanol–water partition coefficient (Wildman–Crippen LogP) is 3.41. The van der Waals surface area contributed by atoms with Crippen LogP contribution in [0.2, 0.25) is 0 Å². The van der Waals surface area contributed by atoms with Crippen molar-refractivity contribution in [3.05, 3.63) is 29.8 Å². The monoisotopic (exact) mass is 279 g/mol. The molecular weight excluding hydrogens is 258 g/mol. The molecule has 1 N–H and O–H groups in total. The van der Waals surface area contributed by atoms with Crippen molar-refractivity contribution in [2.75, 3.05) is 12.3 Å². The Hall–Kier alpha value is -1.00. The number of fused-ring (bicyclic) bond motifs is 1. The highest BCUT2D eigenvalue weighted by Crippen LogP contribution is 2.40. The molecule has 0 aliphatic carbocycles. The summed E-state index contributed by atoms with van der Waals surface area (Å²) in [7, 11) is 0. The lowest BCUT2D eigenvalue weighted by molar-refractivity contribution is -0.139. The molecule has 0 fully saturated rings. The third kappa shape index (κ3) is 3.31. The molecule has 104 valence electrons. The van der Waals surface area contributed by atoms with Crippen molar-refractivity contribution in [3.63, 3.8) is 0 Å². The summed E-state index contributed by atoms with van der Waals surface area (Å²) < 4.78 is 0. The topological polar surface area (TPSA) is 40.5 Å². The molecule has 1 heterocycles. The van der Waals surface area contributed by atoms with Crippen LogP contribution >= 0.6 is 11.8 Å². The predicted molar refractivity (Wildman–Crippen MR) is 78.6 cm³/mol. The summed E-state index contributed by atoms with van der Waals surface area (Å²) in [4.78, 5) is 14.6. The summed E-state index contributed by atoms with van der Waals surface area (Å²) >= 11 is 1.87. The normalized spacial score (nSPS) is 20.1. The van der Waals surface area contributed by atoms with Crippen molar-refractivity contribution in [2.45, 2.75) is 43.7 Å². The molecule has 2 atom stereocenters. The summed E-state index contributed by atoms with van der Waals surface area (Å²) in [5.41, 5.74) is 1.29. The Morgan fingerprint density at radius 2 is 2.26 bits per heavy atom. The molecule has 1 aromatic rings. The van der Waals surface area contributed by atoms with Gasteiger partial charge in [-0.2, -0.15) is 0 Å². The minimum Gasteiger partial charge on any atom is -0.480 e. The van der Waals surface area contributed by atoms with Gasteiger partial charge in [0.2, 0.25) is 0 Å². The van der Waals surface area contributed by atoms with E-state index in [1.165, 1.54) is 10.5 Å². The molecule has 2 rings (SSSR count). The molecule has 2 unspecified atom stereocenters. The minimum absolute atomic E-state index is 0.124.